The highest BCUT2D eigenvalue weighted by Crippen LogP contribution is 2.21. The molecule has 0 radical (unpaired) electrons. The maximum Gasteiger partial charge on any atom is 0.264 e. The smallest absolute Gasteiger partial charge is 0.246 e. The number of nitrogens with zero attached hydrogens (tertiary/aromatic N) is 4. The molecule has 0 aliphatic carbocycles. The van der Waals surface area contributed by atoms with Gasteiger partial charge in [0.05, 0.1) is 26.9 Å². The first kappa shape index (κ1) is 15.2. The molecule has 7 nitrogen and oxygen atoms in total. The molecule has 0 atom stereocenters. The lowest BCUT2D eigenvalue weighted by atomic mass is 10.2. The van der Waals surface area contributed by atoms with E-state index in [4.69, 9.17) is 16.9 Å². The summed E-state index contributed by atoms with van der Waals surface area (Å²) in [5.74, 6) is -0.126. The Labute approximate surface area is 126 Å². The van der Waals surface area contributed by atoms with Crippen LogP contribution < -0.4 is 4.72 Å². The van der Waals surface area contributed by atoms with Gasteiger partial charge in [0, 0.05) is 0 Å². The van der Waals surface area contributed by atoms with E-state index >= 15 is 0 Å². The summed E-state index contributed by atoms with van der Waals surface area (Å²) in [6.45, 7) is 3.41. The average molecular weight is 324 g/mol. The van der Waals surface area contributed by atoms with E-state index in [0.717, 1.165) is 0 Å². The number of aryl methyl sites for hydroxylation is 2. The van der Waals surface area contributed by atoms with Gasteiger partial charge >= 0.3 is 0 Å². The second-order valence-electron chi connectivity index (χ2n) is 4.17. The third-order valence-electron chi connectivity index (χ3n) is 2.69. The lowest BCUT2D eigenvalue weighted by molar-refractivity contribution is 0.600. The fourth-order valence-corrected chi connectivity index (χ4v) is 2.69. The summed E-state index contributed by atoms with van der Waals surface area (Å²) in [5, 5.41) is 16.3. The minimum atomic E-state index is -3.90. The number of benzene rings is 1. The minimum Gasteiger partial charge on any atom is -0.246 e. The summed E-state index contributed by atoms with van der Waals surface area (Å²) >= 11 is 5.83. The van der Waals surface area contributed by atoms with Crippen LogP contribution in [0.3, 0.4) is 0 Å². The Morgan fingerprint density at radius 1 is 1.24 bits per heavy atom. The average Bonchev–Trinajstić information content (AvgIpc) is 2.42. The van der Waals surface area contributed by atoms with Gasteiger partial charge < -0.3 is 0 Å². The zero-order chi connectivity index (χ0) is 15.6. The Morgan fingerprint density at radius 2 is 1.95 bits per heavy atom. The molecule has 0 amide bonds. The van der Waals surface area contributed by atoms with Crippen LogP contribution in [0.25, 0.3) is 0 Å². The number of nitrogens with one attached hydrogen (secondary N) is 1. The maximum atomic E-state index is 12.2. The molecule has 2 aromatic rings. The fraction of sp³-hybridized carbons (Fsp3) is 0.167. The number of nitriles is 1. The molecule has 9 heteroatoms. The molecule has 1 N–H and O–H groups in total. The van der Waals surface area contributed by atoms with Crippen LogP contribution in [0.4, 0.5) is 5.95 Å². The molecular weight excluding hydrogens is 314 g/mol. The Kier molecular flexibility index (Phi) is 4.06. The summed E-state index contributed by atoms with van der Waals surface area (Å²) < 4.78 is 26.6. The van der Waals surface area contributed by atoms with Crippen LogP contribution in [0.15, 0.2) is 23.1 Å². The van der Waals surface area contributed by atoms with Crippen molar-refractivity contribution in [3.8, 4) is 6.07 Å². The van der Waals surface area contributed by atoms with E-state index in [1.54, 1.807) is 13.8 Å². The van der Waals surface area contributed by atoms with Gasteiger partial charge in [-0.25, -0.2) is 18.1 Å². The fourth-order valence-electron chi connectivity index (χ4n) is 1.43. The number of hydrogen-bond acceptors (Lipinski definition) is 6. The van der Waals surface area contributed by atoms with Crippen molar-refractivity contribution >= 4 is 27.6 Å². The van der Waals surface area contributed by atoms with E-state index in [-0.39, 0.29) is 21.4 Å². The first-order valence-corrected chi connectivity index (χ1v) is 7.60. The second kappa shape index (κ2) is 5.63. The monoisotopic (exact) mass is 323 g/mol. The van der Waals surface area contributed by atoms with Crippen molar-refractivity contribution in [3.63, 3.8) is 0 Å². The van der Waals surface area contributed by atoms with E-state index in [1.165, 1.54) is 18.2 Å². The van der Waals surface area contributed by atoms with Crippen molar-refractivity contribution in [1.29, 1.82) is 5.26 Å². The standard InChI is InChI=1S/C12H10ClN5O2S/c1-7-8(2)16-17-12(15-7)18-21(19,20)10-4-3-9(6-14)11(13)5-10/h3-5H,1-2H3,(H,15,17,18). The Balaban J connectivity index is 2.36. The van der Waals surface area contributed by atoms with Crippen LogP contribution in [0, 0.1) is 25.2 Å². The SMILES string of the molecule is Cc1nnc(NS(=O)(=O)c2ccc(C#N)c(Cl)c2)nc1C. The van der Waals surface area contributed by atoms with Crippen molar-refractivity contribution in [2.75, 3.05) is 4.72 Å². The summed E-state index contributed by atoms with van der Waals surface area (Å²) in [5.41, 5.74) is 1.37. The molecule has 21 heavy (non-hydrogen) atoms. The largest absolute Gasteiger partial charge is 0.264 e. The molecule has 0 spiro atoms. The van der Waals surface area contributed by atoms with Gasteiger partial charge in [0.25, 0.3) is 16.0 Å². The lowest BCUT2D eigenvalue weighted by Gasteiger charge is -2.07. The number of halogens is 1. The van der Waals surface area contributed by atoms with Gasteiger partial charge in [0.15, 0.2) is 0 Å². The zero-order valence-corrected chi connectivity index (χ0v) is 12.7. The van der Waals surface area contributed by atoms with Crippen molar-refractivity contribution in [2.45, 2.75) is 18.7 Å². The predicted molar refractivity (Wildman–Crippen MR) is 76.3 cm³/mol. The Hall–Kier alpha value is -2.24. The Bertz CT molecular complexity index is 845. The summed E-state index contributed by atoms with van der Waals surface area (Å²) in [7, 11) is -3.90. The normalized spacial score (nSPS) is 11.0. The molecule has 0 unspecified atom stereocenters. The Morgan fingerprint density at radius 3 is 2.52 bits per heavy atom. The van der Waals surface area contributed by atoms with Gasteiger partial charge in [0.2, 0.25) is 0 Å². The van der Waals surface area contributed by atoms with Crippen LogP contribution in [-0.4, -0.2) is 23.6 Å². The molecule has 1 heterocycles. The molecular formula is C12H10ClN5O2S. The maximum absolute atomic E-state index is 12.2. The highest BCUT2D eigenvalue weighted by molar-refractivity contribution is 7.92. The van der Waals surface area contributed by atoms with E-state index in [0.29, 0.717) is 11.4 Å². The quantitative estimate of drug-likeness (QED) is 0.922. The van der Waals surface area contributed by atoms with Gasteiger partial charge in [-0.05, 0) is 32.0 Å². The highest BCUT2D eigenvalue weighted by Gasteiger charge is 2.18. The van der Waals surface area contributed by atoms with Gasteiger partial charge in [-0.1, -0.05) is 11.6 Å². The van der Waals surface area contributed by atoms with Gasteiger partial charge in [0.1, 0.15) is 6.07 Å². The van der Waals surface area contributed by atoms with Gasteiger partial charge in [-0.3, -0.25) is 0 Å². The predicted octanol–water partition coefficient (Wildman–Crippen LogP) is 1.81. The van der Waals surface area contributed by atoms with Crippen LogP contribution in [0.2, 0.25) is 5.02 Å². The molecule has 0 aliphatic heterocycles. The van der Waals surface area contributed by atoms with Crippen LogP contribution >= 0.6 is 11.6 Å². The molecule has 0 saturated heterocycles. The van der Waals surface area contributed by atoms with Crippen molar-refractivity contribution in [2.24, 2.45) is 0 Å². The molecule has 1 aromatic heterocycles. The number of anilines is 1. The van der Waals surface area contributed by atoms with E-state index < -0.39 is 10.0 Å². The number of hydrogen-bond donors (Lipinski definition) is 1. The third kappa shape index (κ3) is 3.26. The topological polar surface area (TPSA) is 109 Å². The zero-order valence-electron chi connectivity index (χ0n) is 11.1. The molecule has 108 valence electrons. The van der Waals surface area contributed by atoms with Crippen molar-refractivity contribution in [3.05, 3.63) is 40.2 Å². The third-order valence-corrected chi connectivity index (χ3v) is 4.33. The van der Waals surface area contributed by atoms with E-state index in [1.807, 2.05) is 6.07 Å². The van der Waals surface area contributed by atoms with Crippen LogP contribution in [0.5, 0.6) is 0 Å². The molecule has 0 bridgehead atoms. The molecule has 0 aliphatic rings. The minimum absolute atomic E-state index is 0.0551. The summed E-state index contributed by atoms with van der Waals surface area (Å²) in [4.78, 5) is 3.90. The number of rotatable bonds is 3. The van der Waals surface area contributed by atoms with E-state index in [9.17, 15) is 8.42 Å². The van der Waals surface area contributed by atoms with Crippen molar-refractivity contribution < 1.29 is 8.42 Å². The second-order valence-corrected chi connectivity index (χ2v) is 6.25. The molecule has 1 aromatic carbocycles. The summed E-state index contributed by atoms with van der Waals surface area (Å²) in [6, 6.07) is 5.66. The first-order valence-electron chi connectivity index (χ1n) is 5.74. The van der Waals surface area contributed by atoms with Gasteiger partial charge in [-0.15, -0.1) is 5.10 Å². The number of aromatic nitrogens is 3. The molecule has 2 rings (SSSR count). The lowest BCUT2D eigenvalue weighted by Crippen LogP contribution is -2.16. The molecule has 0 fully saturated rings. The highest BCUT2D eigenvalue weighted by atomic mass is 35.5. The van der Waals surface area contributed by atoms with E-state index in [2.05, 4.69) is 19.9 Å². The van der Waals surface area contributed by atoms with Crippen LogP contribution in [-0.2, 0) is 10.0 Å². The number of sulfonamides is 1. The van der Waals surface area contributed by atoms with Crippen LogP contribution in [0.1, 0.15) is 17.0 Å². The first-order chi connectivity index (χ1) is 9.83. The summed E-state index contributed by atoms with van der Waals surface area (Å²) in [6.07, 6.45) is 0. The van der Waals surface area contributed by atoms with Crippen molar-refractivity contribution in [1.82, 2.24) is 15.2 Å². The molecule has 0 saturated carbocycles. The van der Waals surface area contributed by atoms with Gasteiger partial charge in [-0.2, -0.15) is 10.4 Å².